The molecule has 2 saturated heterocycles. The topological polar surface area (TPSA) is 67.2 Å². The second-order valence-electron chi connectivity index (χ2n) is 6.56. The van der Waals surface area contributed by atoms with Gasteiger partial charge in [0.2, 0.25) is 5.91 Å². The lowest BCUT2D eigenvalue weighted by atomic mass is 9.93. The number of rotatable bonds is 2. The summed E-state index contributed by atoms with van der Waals surface area (Å²) in [5.41, 5.74) is 0.981. The number of aromatic hydroxyl groups is 1. The lowest BCUT2D eigenvalue weighted by molar-refractivity contribution is -0.142. The number of piperidine rings is 1. The van der Waals surface area contributed by atoms with Gasteiger partial charge in [0.25, 0.3) is 0 Å². The van der Waals surface area contributed by atoms with Gasteiger partial charge in [-0.05, 0) is 25.6 Å². The monoisotopic (exact) mass is 319 g/mol. The van der Waals surface area contributed by atoms with Crippen LogP contribution in [0.25, 0.3) is 0 Å². The van der Waals surface area contributed by atoms with Gasteiger partial charge in [0.1, 0.15) is 5.75 Å². The van der Waals surface area contributed by atoms with Gasteiger partial charge in [-0.2, -0.15) is 0 Å². The minimum absolute atomic E-state index is 0.0691. The van der Waals surface area contributed by atoms with E-state index in [0.29, 0.717) is 26.1 Å². The Labute approximate surface area is 136 Å². The molecule has 3 rings (SSSR count). The van der Waals surface area contributed by atoms with E-state index in [0.717, 1.165) is 25.3 Å². The van der Waals surface area contributed by atoms with Crippen LogP contribution in [-0.2, 0) is 4.79 Å². The minimum Gasteiger partial charge on any atom is -0.508 e. The van der Waals surface area contributed by atoms with Crippen LogP contribution in [-0.4, -0.2) is 78.3 Å². The number of anilines is 1. The zero-order valence-electron chi connectivity index (χ0n) is 13.6. The van der Waals surface area contributed by atoms with Crippen LogP contribution in [0.2, 0.25) is 0 Å². The fourth-order valence-corrected chi connectivity index (χ4v) is 3.45. The maximum absolute atomic E-state index is 12.7. The molecule has 1 aromatic carbocycles. The molecule has 0 aliphatic carbocycles. The second kappa shape index (κ2) is 6.76. The highest BCUT2D eigenvalue weighted by molar-refractivity contribution is 5.80. The van der Waals surface area contributed by atoms with Crippen LogP contribution in [0.4, 0.5) is 5.69 Å². The number of phenolic OH excluding ortho intramolecular Hbond substituents is 1. The molecule has 0 unspecified atom stereocenters. The molecule has 2 aliphatic heterocycles. The van der Waals surface area contributed by atoms with E-state index in [4.69, 9.17) is 0 Å². The number of aliphatic hydroxyl groups excluding tert-OH is 1. The molecular weight excluding hydrogens is 294 g/mol. The summed E-state index contributed by atoms with van der Waals surface area (Å²) in [4.78, 5) is 18.8. The summed E-state index contributed by atoms with van der Waals surface area (Å²) < 4.78 is 0. The summed E-state index contributed by atoms with van der Waals surface area (Å²) in [6.45, 7) is 4.27. The lowest BCUT2D eigenvalue weighted by Crippen LogP contribution is -2.55. The van der Waals surface area contributed by atoms with Crippen LogP contribution in [0.1, 0.15) is 6.42 Å². The number of hydrogen-bond acceptors (Lipinski definition) is 5. The molecule has 6 nitrogen and oxygen atoms in total. The van der Waals surface area contributed by atoms with Crippen molar-refractivity contribution < 1.29 is 15.0 Å². The first-order valence-corrected chi connectivity index (χ1v) is 8.24. The van der Waals surface area contributed by atoms with E-state index < -0.39 is 6.10 Å². The van der Waals surface area contributed by atoms with Crippen LogP contribution in [0.3, 0.4) is 0 Å². The van der Waals surface area contributed by atoms with Crippen LogP contribution < -0.4 is 4.90 Å². The Kier molecular flexibility index (Phi) is 4.73. The van der Waals surface area contributed by atoms with Gasteiger partial charge in [0, 0.05) is 51.0 Å². The number of carbonyl (C=O) groups excluding carboxylic acids is 1. The molecule has 126 valence electrons. The fraction of sp³-hybridized carbons (Fsp3) is 0.588. The molecule has 1 aromatic rings. The van der Waals surface area contributed by atoms with Crippen molar-refractivity contribution in [2.75, 3.05) is 51.2 Å². The van der Waals surface area contributed by atoms with E-state index in [1.165, 1.54) is 0 Å². The summed E-state index contributed by atoms with van der Waals surface area (Å²) in [5, 5.41) is 19.7. The normalized spacial score (nSPS) is 26.3. The number of hydrogen-bond donors (Lipinski definition) is 2. The van der Waals surface area contributed by atoms with Gasteiger partial charge in [0.15, 0.2) is 0 Å². The molecule has 0 spiro atoms. The molecule has 2 heterocycles. The van der Waals surface area contributed by atoms with Crippen LogP contribution in [0, 0.1) is 5.92 Å². The number of amides is 1. The van der Waals surface area contributed by atoms with Gasteiger partial charge in [-0.15, -0.1) is 0 Å². The average molecular weight is 319 g/mol. The minimum atomic E-state index is -0.525. The molecule has 1 amide bonds. The van der Waals surface area contributed by atoms with Crippen molar-refractivity contribution in [3.8, 4) is 5.75 Å². The summed E-state index contributed by atoms with van der Waals surface area (Å²) >= 11 is 0. The molecule has 2 fully saturated rings. The molecule has 0 aromatic heterocycles. The van der Waals surface area contributed by atoms with E-state index in [1.807, 2.05) is 24.1 Å². The van der Waals surface area contributed by atoms with Crippen molar-refractivity contribution in [2.45, 2.75) is 12.5 Å². The number of carbonyl (C=O) groups is 1. The Morgan fingerprint density at radius 3 is 2.61 bits per heavy atom. The SMILES string of the molecule is CN1CC[C@H](O)[C@H](C(=O)N2CCN(c3cccc(O)c3)CC2)C1. The van der Waals surface area contributed by atoms with Gasteiger partial charge in [-0.1, -0.05) is 6.07 Å². The predicted molar refractivity (Wildman–Crippen MR) is 88.5 cm³/mol. The Bertz CT molecular complexity index is 558. The molecule has 0 saturated carbocycles. The molecule has 2 aliphatic rings. The summed E-state index contributed by atoms with van der Waals surface area (Å²) in [6.07, 6.45) is 0.138. The molecule has 0 radical (unpaired) electrons. The van der Waals surface area contributed by atoms with Crippen molar-refractivity contribution in [1.29, 1.82) is 0 Å². The maximum Gasteiger partial charge on any atom is 0.229 e. The van der Waals surface area contributed by atoms with Crippen molar-refractivity contribution >= 4 is 11.6 Å². The third-order valence-corrected chi connectivity index (χ3v) is 4.88. The van der Waals surface area contributed by atoms with Gasteiger partial charge in [-0.3, -0.25) is 4.79 Å². The van der Waals surface area contributed by atoms with Gasteiger partial charge < -0.3 is 24.9 Å². The van der Waals surface area contributed by atoms with Gasteiger partial charge in [-0.25, -0.2) is 0 Å². The number of benzene rings is 1. The summed E-state index contributed by atoms with van der Waals surface area (Å²) in [7, 11) is 1.99. The van der Waals surface area contributed by atoms with E-state index in [9.17, 15) is 15.0 Å². The van der Waals surface area contributed by atoms with Crippen LogP contribution in [0.5, 0.6) is 5.75 Å². The number of phenols is 1. The van der Waals surface area contributed by atoms with E-state index in [1.54, 1.807) is 12.1 Å². The Hall–Kier alpha value is -1.79. The number of nitrogens with zero attached hydrogens (tertiary/aromatic N) is 3. The standard InChI is InChI=1S/C17H25N3O3/c1-18-6-5-16(22)15(12-18)17(23)20-9-7-19(8-10-20)13-3-2-4-14(21)11-13/h2-4,11,15-16,21-22H,5-10,12H2,1H3/t15-,16+/m1/s1. The van der Waals surface area contributed by atoms with E-state index in [2.05, 4.69) is 9.80 Å². The van der Waals surface area contributed by atoms with E-state index in [-0.39, 0.29) is 17.6 Å². The third-order valence-electron chi connectivity index (χ3n) is 4.88. The highest BCUT2D eigenvalue weighted by atomic mass is 16.3. The highest BCUT2D eigenvalue weighted by Crippen LogP contribution is 2.23. The van der Waals surface area contributed by atoms with Crippen LogP contribution >= 0.6 is 0 Å². The highest BCUT2D eigenvalue weighted by Gasteiger charge is 2.35. The van der Waals surface area contributed by atoms with Crippen molar-refractivity contribution in [3.63, 3.8) is 0 Å². The molecule has 0 bridgehead atoms. The number of aliphatic hydroxyl groups is 1. The Morgan fingerprint density at radius 1 is 1.17 bits per heavy atom. The largest absolute Gasteiger partial charge is 0.508 e. The molecule has 23 heavy (non-hydrogen) atoms. The molecular formula is C17H25N3O3. The van der Waals surface area contributed by atoms with Crippen LogP contribution in [0.15, 0.2) is 24.3 Å². The zero-order valence-corrected chi connectivity index (χ0v) is 13.6. The fourth-order valence-electron chi connectivity index (χ4n) is 3.45. The first-order valence-electron chi connectivity index (χ1n) is 8.24. The van der Waals surface area contributed by atoms with E-state index >= 15 is 0 Å². The summed E-state index contributed by atoms with van der Waals surface area (Å²) in [5.74, 6) is 0.0232. The second-order valence-corrected chi connectivity index (χ2v) is 6.56. The maximum atomic E-state index is 12.7. The lowest BCUT2D eigenvalue weighted by Gasteiger charge is -2.40. The third kappa shape index (κ3) is 3.59. The average Bonchev–Trinajstić information content (AvgIpc) is 2.56. The first-order chi connectivity index (χ1) is 11.0. The Morgan fingerprint density at radius 2 is 1.91 bits per heavy atom. The smallest absolute Gasteiger partial charge is 0.229 e. The molecule has 6 heteroatoms. The summed E-state index contributed by atoms with van der Waals surface area (Å²) in [6, 6.07) is 7.20. The van der Waals surface area contributed by atoms with Crippen molar-refractivity contribution in [1.82, 2.24) is 9.80 Å². The van der Waals surface area contributed by atoms with Gasteiger partial charge in [0.05, 0.1) is 12.0 Å². The molecule has 2 N–H and O–H groups in total. The number of likely N-dealkylation sites (tertiary alicyclic amines) is 1. The predicted octanol–water partition coefficient (Wildman–Crippen LogP) is 0.353. The van der Waals surface area contributed by atoms with Gasteiger partial charge >= 0.3 is 0 Å². The van der Waals surface area contributed by atoms with Crippen molar-refractivity contribution in [3.05, 3.63) is 24.3 Å². The molecule has 2 atom stereocenters. The Balaban J connectivity index is 1.59. The number of piperazine rings is 1. The zero-order chi connectivity index (χ0) is 16.4. The van der Waals surface area contributed by atoms with Crippen molar-refractivity contribution in [2.24, 2.45) is 5.92 Å². The first kappa shape index (κ1) is 16.1. The quantitative estimate of drug-likeness (QED) is 0.823.